The molecule has 0 spiro atoms. The van der Waals surface area contributed by atoms with Crippen molar-refractivity contribution < 1.29 is 37.6 Å². The predicted octanol–water partition coefficient (Wildman–Crippen LogP) is 15.1. The monoisotopic (exact) mass is 870 g/mol. The maximum atomic E-state index is 12.6. The van der Waals surface area contributed by atoms with E-state index in [0.29, 0.717) is 6.42 Å². The molecule has 60 heavy (non-hydrogen) atoms. The van der Waals surface area contributed by atoms with Crippen molar-refractivity contribution in [3.05, 3.63) is 24.3 Å². The van der Waals surface area contributed by atoms with Gasteiger partial charge in [0.15, 0.2) is 6.10 Å². The van der Waals surface area contributed by atoms with Crippen LogP contribution in [0.3, 0.4) is 0 Å². The summed E-state index contributed by atoms with van der Waals surface area (Å²) in [4.78, 5) is 34.9. The van der Waals surface area contributed by atoms with Gasteiger partial charge in [-0.1, -0.05) is 199 Å². The molecule has 0 aromatic heterocycles. The fourth-order valence-corrected chi connectivity index (χ4v) is 8.04. The molecule has 0 fully saturated rings. The number of allylic oxidation sites excluding steroid dienone is 4. The number of ether oxygens (including phenoxy) is 2. The van der Waals surface area contributed by atoms with Gasteiger partial charge in [0, 0.05) is 19.4 Å². The summed E-state index contributed by atoms with van der Waals surface area (Å²) in [5.41, 5.74) is 5.36. The summed E-state index contributed by atoms with van der Waals surface area (Å²) in [5.74, 6) is -0.829. The van der Waals surface area contributed by atoms with Crippen molar-refractivity contribution in [2.75, 3.05) is 26.4 Å². The zero-order valence-electron chi connectivity index (χ0n) is 39.2. The Morgan fingerprint density at radius 3 is 1.22 bits per heavy atom. The number of hydrogen-bond donors (Lipinski definition) is 2. The number of carbonyl (C=O) groups excluding carboxylic acids is 2. The summed E-state index contributed by atoms with van der Waals surface area (Å²) >= 11 is 0. The highest BCUT2D eigenvalue weighted by Crippen LogP contribution is 2.43. The zero-order chi connectivity index (χ0) is 43.9. The maximum absolute atomic E-state index is 12.6. The van der Waals surface area contributed by atoms with Crippen molar-refractivity contribution in [3.8, 4) is 0 Å². The second kappa shape index (κ2) is 47.0. The highest BCUT2D eigenvalue weighted by molar-refractivity contribution is 7.47. The van der Waals surface area contributed by atoms with E-state index < -0.39 is 26.5 Å². The lowest BCUT2D eigenvalue weighted by atomic mass is 10.0. The zero-order valence-corrected chi connectivity index (χ0v) is 40.1. The molecule has 0 amide bonds. The van der Waals surface area contributed by atoms with E-state index in [9.17, 15) is 19.0 Å². The SMILES string of the molecule is CCCCC/C=C\CCCCCCCC(=O)OCC(COP(=O)(O)OCCN)OC(=O)CCCCCCCCCCCCCCCCC/C=C\CCCCCCCCCC. The molecule has 10 heteroatoms. The lowest BCUT2D eigenvalue weighted by Gasteiger charge is -2.19. The minimum absolute atomic E-state index is 0.0540. The Hall–Kier alpha value is -1.51. The van der Waals surface area contributed by atoms with Crippen molar-refractivity contribution >= 4 is 19.8 Å². The van der Waals surface area contributed by atoms with Gasteiger partial charge >= 0.3 is 19.8 Å². The first-order valence-electron chi connectivity index (χ1n) is 25.3. The van der Waals surface area contributed by atoms with Crippen LogP contribution in [0.1, 0.15) is 251 Å². The minimum atomic E-state index is -4.38. The van der Waals surface area contributed by atoms with Gasteiger partial charge in [0.25, 0.3) is 0 Å². The third-order valence-corrected chi connectivity index (χ3v) is 12.0. The fraction of sp³-hybridized carbons (Fsp3) is 0.880. The van der Waals surface area contributed by atoms with Gasteiger partial charge in [0.2, 0.25) is 0 Å². The van der Waals surface area contributed by atoms with E-state index in [4.69, 9.17) is 24.3 Å². The molecule has 3 N–H and O–H groups in total. The van der Waals surface area contributed by atoms with Gasteiger partial charge in [0.1, 0.15) is 6.61 Å². The van der Waals surface area contributed by atoms with Crippen molar-refractivity contribution in [2.45, 2.75) is 258 Å². The molecule has 9 nitrogen and oxygen atoms in total. The second-order valence-electron chi connectivity index (χ2n) is 17.0. The Labute approximate surface area is 370 Å². The maximum Gasteiger partial charge on any atom is 0.472 e. The molecule has 2 unspecified atom stereocenters. The van der Waals surface area contributed by atoms with E-state index in [-0.39, 0.29) is 38.6 Å². The van der Waals surface area contributed by atoms with Gasteiger partial charge in [-0.15, -0.1) is 0 Å². The number of nitrogens with two attached hydrogens (primary N) is 1. The van der Waals surface area contributed by atoms with Crippen LogP contribution >= 0.6 is 7.82 Å². The number of esters is 2. The van der Waals surface area contributed by atoms with E-state index in [1.165, 1.54) is 167 Å². The summed E-state index contributed by atoms with van der Waals surface area (Å²) in [7, 11) is -4.38. The Morgan fingerprint density at radius 2 is 0.817 bits per heavy atom. The molecule has 0 aromatic rings. The molecule has 354 valence electrons. The Bertz CT molecular complexity index is 1040. The van der Waals surface area contributed by atoms with E-state index in [1.54, 1.807) is 0 Å². The van der Waals surface area contributed by atoms with Gasteiger partial charge in [-0.3, -0.25) is 18.6 Å². The van der Waals surface area contributed by atoms with E-state index >= 15 is 0 Å². The largest absolute Gasteiger partial charge is 0.472 e. The molecule has 0 aromatic carbocycles. The normalized spacial score (nSPS) is 13.3. The van der Waals surface area contributed by atoms with E-state index in [2.05, 4.69) is 38.2 Å². The molecule has 0 heterocycles. The van der Waals surface area contributed by atoms with Crippen molar-refractivity contribution in [1.29, 1.82) is 0 Å². The standard InChI is InChI=1S/C50H96NO8P/c1-3-5-7-9-11-13-15-17-18-19-20-21-22-23-24-25-26-27-28-29-30-31-33-35-37-39-41-43-50(53)59-48(47-58-60(54,55)57-45-44-51)46-56-49(52)42-40-38-36-34-32-16-14-12-10-8-6-4-2/h12,14,19-20,48H,3-11,13,15-18,21-47,51H2,1-2H3,(H,54,55)/b14-12-,20-19-. The highest BCUT2D eigenvalue weighted by atomic mass is 31.2. The molecule has 2 atom stereocenters. The van der Waals surface area contributed by atoms with Crippen LogP contribution in [0, 0.1) is 0 Å². The average Bonchev–Trinajstić information content (AvgIpc) is 3.24. The smallest absolute Gasteiger partial charge is 0.462 e. The van der Waals surface area contributed by atoms with E-state index in [1.807, 2.05) is 0 Å². The summed E-state index contributed by atoms with van der Waals surface area (Å²) in [6.45, 7) is 3.73. The van der Waals surface area contributed by atoms with Gasteiger partial charge in [0.05, 0.1) is 13.2 Å². The Kier molecular flexibility index (Phi) is 45.8. The first kappa shape index (κ1) is 58.5. The first-order chi connectivity index (χ1) is 29.3. The number of hydrogen-bond acceptors (Lipinski definition) is 8. The molecular formula is C50H96NO8P. The van der Waals surface area contributed by atoms with Crippen molar-refractivity contribution in [2.24, 2.45) is 5.73 Å². The van der Waals surface area contributed by atoms with Gasteiger partial charge in [-0.2, -0.15) is 0 Å². The van der Waals surface area contributed by atoms with Crippen LogP contribution in [0.2, 0.25) is 0 Å². The van der Waals surface area contributed by atoms with Crippen LogP contribution < -0.4 is 5.73 Å². The Morgan fingerprint density at radius 1 is 0.483 bits per heavy atom. The number of unbranched alkanes of at least 4 members (excludes halogenated alkanes) is 31. The third-order valence-electron chi connectivity index (χ3n) is 11.1. The van der Waals surface area contributed by atoms with Crippen LogP contribution in [0.25, 0.3) is 0 Å². The van der Waals surface area contributed by atoms with Crippen molar-refractivity contribution in [3.63, 3.8) is 0 Å². The minimum Gasteiger partial charge on any atom is -0.462 e. The molecule has 0 rings (SSSR count). The van der Waals surface area contributed by atoms with Crippen LogP contribution in [0.15, 0.2) is 24.3 Å². The van der Waals surface area contributed by atoms with Crippen molar-refractivity contribution in [1.82, 2.24) is 0 Å². The highest BCUT2D eigenvalue weighted by Gasteiger charge is 2.26. The topological polar surface area (TPSA) is 134 Å². The molecule has 0 radical (unpaired) electrons. The van der Waals surface area contributed by atoms with Gasteiger partial charge in [-0.05, 0) is 64.2 Å². The molecule has 0 aliphatic heterocycles. The lowest BCUT2D eigenvalue weighted by molar-refractivity contribution is -0.161. The quantitative estimate of drug-likeness (QED) is 0.0265. The van der Waals surface area contributed by atoms with Gasteiger partial charge in [-0.25, -0.2) is 4.57 Å². The molecule has 0 aliphatic carbocycles. The number of carbonyl (C=O) groups is 2. The second-order valence-corrected chi connectivity index (χ2v) is 18.5. The molecule has 0 saturated heterocycles. The van der Waals surface area contributed by atoms with Gasteiger partial charge < -0.3 is 20.1 Å². The van der Waals surface area contributed by atoms with Crippen LogP contribution in [0.5, 0.6) is 0 Å². The van der Waals surface area contributed by atoms with E-state index in [0.717, 1.165) is 51.4 Å². The van der Waals surface area contributed by atoms with Crippen LogP contribution in [0.4, 0.5) is 0 Å². The van der Waals surface area contributed by atoms with Crippen LogP contribution in [-0.4, -0.2) is 49.3 Å². The first-order valence-corrected chi connectivity index (χ1v) is 26.8. The predicted molar refractivity (Wildman–Crippen MR) is 252 cm³/mol. The average molecular weight is 870 g/mol. The summed E-state index contributed by atoms with van der Waals surface area (Å²) in [6.07, 6.45) is 52.3. The number of rotatable bonds is 48. The number of phosphoric ester groups is 1. The molecular weight excluding hydrogens is 774 g/mol. The Balaban J connectivity index is 3.93. The molecule has 0 aliphatic rings. The third kappa shape index (κ3) is 46.0. The molecule has 0 bridgehead atoms. The molecule has 0 saturated carbocycles. The summed E-state index contributed by atoms with van der Waals surface area (Å²) in [6, 6.07) is 0. The summed E-state index contributed by atoms with van der Waals surface area (Å²) < 4.78 is 32.8. The number of phosphoric acid groups is 1. The van der Waals surface area contributed by atoms with Crippen LogP contribution in [-0.2, 0) is 32.7 Å². The fourth-order valence-electron chi connectivity index (χ4n) is 7.27. The lowest BCUT2D eigenvalue weighted by Crippen LogP contribution is -2.29. The summed E-state index contributed by atoms with van der Waals surface area (Å²) in [5, 5.41) is 0.